The summed E-state index contributed by atoms with van der Waals surface area (Å²) in [5.41, 5.74) is 4.09. The molecule has 4 rings (SSSR count). The van der Waals surface area contributed by atoms with Crippen LogP contribution < -0.4 is 10.6 Å². The van der Waals surface area contributed by atoms with E-state index >= 15 is 0 Å². The van der Waals surface area contributed by atoms with E-state index in [1.54, 1.807) is 0 Å². The number of aromatic amines is 1. The summed E-state index contributed by atoms with van der Waals surface area (Å²) in [6, 6.07) is 7.35. The quantitative estimate of drug-likeness (QED) is 0.812. The average molecular weight is 326 g/mol. The normalized spacial score (nSPS) is 25.3. The Balaban J connectivity index is 1.63. The summed E-state index contributed by atoms with van der Waals surface area (Å²) >= 11 is 0. The van der Waals surface area contributed by atoms with Crippen LogP contribution in [0, 0.1) is 0 Å². The van der Waals surface area contributed by atoms with Gasteiger partial charge in [-0.1, -0.05) is 12.1 Å². The van der Waals surface area contributed by atoms with Crippen LogP contribution in [0.3, 0.4) is 0 Å². The van der Waals surface area contributed by atoms with Gasteiger partial charge in [-0.15, -0.1) is 0 Å². The molecule has 0 saturated carbocycles. The van der Waals surface area contributed by atoms with Crippen molar-refractivity contribution in [3.8, 4) is 0 Å². The van der Waals surface area contributed by atoms with E-state index in [9.17, 15) is 4.79 Å². The number of aromatic nitrogens is 1. The molecule has 1 unspecified atom stereocenters. The Kier molecular flexibility index (Phi) is 3.96. The van der Waals surface area contributed by atoms with Gasteiger partial charge in [0.15, 0.2) is 0 Å². The molecule has 2 amide bonds. The van der Waals surface area contributed by atoms with Gasteiger partial charge in [0.25, 0.3) is 0 Å². The number of amides is 2. The fourth-order valence-corrected chi connectivity index (χ4v) is 4.58. The molecule has 0 spiro atoms. The molecule has 3 atom stereocenters. The molecule has 1 aromatic heterocycles. The first kappa shape index (κ1) is 15.5. The summed E-state index contributed by atoms with van der Waals surface area (Å²) in [4.78, 5) is 17.8. The van der Waals surface area contributed by atoms with Gasteiger partial charge in [-0.2, -0.15) is 0 Å². The number of hydrogen-bond donors (Lipinski definition) is 3. The maximum absolute atomic E-state index is 12.4. The van der Waals surface area contributed by atoms with Crippen LogP contribution in [-0.4, -0.2) is 47.6 Å². The van der Waals surface area contributed by atoms with Gasteiger partial charge in [0, 0.05) is 54.7 Å². The second-order valence-electron chi connectivity index (χ2n) is 6.92. The molecule has 1 saturated heterocycles. The first-order valence-corrected chi connectivity index (χ1v) is 9.09. The number of carbonyl (C=O) groups excluding carboxylic acids is 1. The Labute approximate surface area is 142 Å². The van der Waals surface area contributed by atoms with E-state index in [4.69, 9.17) is 0 Å². The molecule has 24 heavy (non-hydrogen) atoms. The Bertz CT molecular complexity index is 753. The molecule has 1 fully saturated rings. The highest BCUT2D eigenvalue weighted by Gasteiger charge is 2.38. The predicted octanol–water partition coefficient (Wildman–Crippen LogP) is 2.59. The van der Waals surface area contributed by atoms with E-state index in [2.05, 4.69) is 46.9 Å². The molecule has 2 aromatic rings. The topological polar surface area (TPSA) is 60.2 Å². The fourth-order valence-electron chi connectivity index (χ4n) is 4.58. The van der Waals surface area contributed by atoms with Crippen molar-refractivity contribution in [2.24, 2.45) is 0 Å². The van der Waals surface area contributed by atoms with Crippen molar-refractivity contribution in [2.75, 3.05) is 19.6 Å². The van der Waals surface area contributed by atoms with Gasteiger partial charge >= 0.3 is 6.03 Å². The zero-order valence-electron chi connectivity index (χ0n) is 14.4. The Morgan fingerprint density at radius 1 is 1.38 bits per heavy atom. The molecule has 3 N–H and O–H groups in total. The zero-order valence-corrected chi connectivity index (χ0v) is 14.4. The lowest BCUT2D eigenvalue weighted by Gasteiger charge is -2.43. The van der Waals surface area contributed by atoms with Crippen molar-refractivity contribution < 1.29 is 4.79 Å². The van der Waals surface area contributed by atoms with E-state index in [1.807, 2.05) is 11.8 Å². The van der Waals surface area contributed by atoms with Crippen LogP contribution in [-0.2, 0) is 6.42 Å². The number of benzene rings is 1. The number of H-pyrrole nitrogens is 1. The lowest BCUT2D eigenvalue weighted by molar-refractivity contribution is 0.148. The van der Waals surface area contributed by atoms with E-state index in [0.717, 1.165) is 25.9 Å². The number of carbonyl (C=O) groups is 1. The monoisotopic (exact) mass is 326 g/mol. The second kappa shape index (κ2) is 6.13. The summed E-state index contributed by atoms with van der Waals surface area (Å²) in [5, 5.41) is 8.08. The van der Waals surface area contributed by atoms with Crippen molar-refractivity contribution in [1.82, 2.24) is 20.5 Å². The highest BCUT2D eigenvalue weighted by Crippen LogP contribution is 2.41. The minimum atomic E-state index is 0.0570. The molecular weight excluding hydrogens is 300 g/mol. The number of nitrogens with zero attached hydrogens (tertiary/aromatic N) is 1. The zero-order chi connectivity index (χ0) is 16.7. The molecule has 5 nitrogen and oxygen atoms in total. The van der Waals surface area contributed by atoms with E-state index in [1.165, 1.54) is 22.0 Å². The SMILES string of the molecule is CCNC(=O)N(CC)C1CN[C@@H]2Cc3c[nH]c4cccc(c34)[C@H]2C1. The maximum atomic E-state index is 12.4. The van der Waals surface area contributed by atoms with Crippen molar-refractivity contribution >= 4 is 16.9 Å². The molecule has 128 valence electrons. The van der Waals surface area contributed by atoms with E-state index in [-0.39, 0.29) is 12.1 Å². The van der Waals surface area contributed by atoms with Crippen molar-refractivity contribution in [3.05, 3.63) is 35.5 Å². The van der Waals surface area contributed by atoms with Gasteiger partial charge in [0.2, 0.25) is 0 Å². The van der Waals surface area contributed by atoms with Crippen LogP contribution >= 0.6 is 0 Å². The molecule has 5 heteroatoms. The Hall–Kier alpha value is -2.01. The summed E-state index contributed by atoms with van der Waals surface area (Å²) in [7, 11) is 0. The molecule has 1 aliphatic carbocycles. The van der Waals surface area contributed by atoms with Crippen LogP contribution in [0.5, 0.6) is 0 Å². The fraction of sp³-hybridized carbons (Fsp3) is 0.526. The molecule has 1 aromatic carbocycles. The van der Waals surface area contributed by atoms with Crippen molar-refractivity contribution in [2.45, 2.75) is 44.7 Å². The van der Waals surface area contributed by atoms with Crippen LogP contribution in [0.2, 0.25) is 0 Å². The van der Waals surface area contributed by atoms with Crippen LogP contribution in [0.15, 0.2) is 24.4 Å². The first-order chi connectivity index (χ1) is 11.7. The lowest BCUT2D eigenvalue weighted by Crippen LogP contribution is -2.57. The minimum absolute atomic E-state index is 0.0570. The number of fused-ring (bicyclic) bond motifs is 2. The standard InChI is InChI=1S/C19H26N4O/c1-3-20-19(24)23(4-2)13-9-15-14-6-5-7-16-18(14)12(10-21-16)8-17(15)22-11-13/h5-7,10,13,15,17,21-22H,3-4,8-9,11H2,1-2H3,(H,20,24)/t13?,15-,17-/m1/s1. The number of rotatable bonds is 3. The van der Waals surface area contributed by atoms with E-state index in [0.29, 0.717) is 18.5 Å². The number of urea groups is 1. The highest BCUT2D eigenvalue weighted by atomic mass is 16.2. The Morgan fingerprint density at radius 3 is 3.04 bits per heavy atom. The third kappa shape index (κ3) is 2.38. The van der Waals surface area contributed by atoms with Crippen molar-refractivity contribution in [3.63, 3.8) is 0 Å². The van der Waals surface area contributed by atoms with Gasteiger partial charge in [0.05, 0.1) is 0 Å². The summed E-state index contributed by atoms with van der Waals surface area (Å²) in [6.45, 7) is 6.33. The van der Waals surface area contributed by atoms with Gasteiger partial charge in [-0.05, 0) is 43.9 Å². The smallest absolute Gasteiger partial charge is 0.317 e. The third-order valence-corrected chi connectivity index (χ3v) is 5.66. The van der Waals surface area contributed by atoms with Gasteiger partial charge in [-0.25, -0.2) is 4.79 Å². The molecule has 2 aliphatic rings. The van der Waals surface area contributed by atoms with Gasteiger partial charge < -0.3 is 20.5 Å². The predicted molar refractivity (Wildman–Crippen MR) is 96.4 cm³/mol. The maximum Gasteiger partial charge on any atom is 0.317 e. The largest absolute Gasteiger partial charge is 0.361 e. The minimum Gasteiger partial charge on any atom is -0.361 e. The Morgan fingerprint density at radius 2 is 2.25 bits per heavy atom. The van der Waals surface area contributed by atoms with Crippen molar-refractivity contribution in [1.29, 1.82) is 0 Å². The molecule has 1 aliphatic heterocycles. The first-order valence-electron chi connectivity index (χ1n) is 9.09. The molecule has 0 bridgehead atoms. The summed E-state index contributed by atoms with van der Waals surface area (Å²) in [6.07, 6.45) is 4.26. The molecular formula is C19H26N4O. The van der Waals surface area contributed by atoms with Gasteiger partial charge in [0.1, 0.15) is 0 Å². The van der Waals surface area contributed by atoms with E-state index < -0.39 is 0 Å². The summed E-state index contributed by atoms with van der Waals surface area (Å²) < 4.78 is 0. The summed E-state index contributed by atoms with van der Waals surface area (Å²) in [5.74, 6) is 0.472. The highest BCUT2D eigenvalue weighted by molar-refractivity contribution is 5.88. The van der Waals surface area contributed by atoms with Gasteiger partial charge in [-0.3, -0.25) is 0 Å². The lowest BCUT2D eigenvalue weighted by atomic mass is 9.74. The molecule has 2 heterocycles. The second-order valence-corrected chi connectivity index (χ2v) is 6.92. The molecule has 0 radical (unpaired) electrons. The number of piperidine rings is 1. The number of likely N-dealkylation sites (N-methyl/N-ethyl adjacent to an activating group) is 1. The van der Waals surface area contributed by atoms with Crippen LogP contribution in [0.25, 0.3) is 10.9 Å². The number of nitrogens with one attached hydrogen (secondary N) is 3. The van der Waals surface area contributed by atoms with Crippen LogP contribution in [0.4, 0.5) is 4.79 Å². The van der Waals surface area contributed by atoms with Crippen LogP contribution in [0.1, 0.15) is 37.3 Å². The third-order valence-electron chi connectivity index (χ3n) is 5.66. The average Bonchev–Trinajstić information content (AvgIpc) is 3.01. The number of hydrogen-bond acceptors (Lipinski definition) is 2.